The number of hydrogen-bond acceptors (Lipinski definition) is 3. The van der Waals surface area contributed by atoms with E-state index in [1.807, 2.05) is 0 Å². The van der Waals surface area contributed by atoms with Crippen LogP contribution >= 0.6 is 11.6 Å². The van der Waals surface area contributed by atoms with Gasteiger partial charge in [-0.25, -0.2) is 4.79 Å². The van der Waals surface area contributed by atoms with Crippen LogP contribution in [0.15, 0.2) is 42.5 Å². The molecule has 8 heteroatoms. The lowest BCUT2D eigenvalue weighted by Gasteiger charge is -2.15. The zero-order valence-corrected chi connectivity index (χ0v) is 12.1. The Morgan fingerprint density at radius 2 is 1.83 bits per heavy atom. The maximum atomic E-state index is 12.3. The van der Waals surface area contributed by atoms with Crippen molar-refractivity contribution in [1.29, 1.82) is 0 Å². The predicted octanol–water partition coefficient (Wildman–Crippen LogP) is 4.02. The van der Waals surface area contributed by atoms with Gasteiger partial charge in [0.2, 0.25) is 0 Å². The molecule has 1 atom stereocenters. The largest absolute Gasteiger partial charge is 0.573 e. The third kappa shape index (κ3) is 4.14. The van der Waals surface area contributed by atoms with Crippen molar-refractivity contribution in [2.24, 2.45) is 0 Å². The predicted molar refractivity (Wildman–Crippen MR) is 76.2 cm³/mol. The van der Waals surface area contributed by atoms with Crippen molar-refractivity contribution in [3.8, 4) is 16.9 Å². The number of aliphatic hydroxyl groups excluding tert-OH is 1. The third-order valence-electron chi connectivity index (χ3n) is 2.94. The van der Waals surface area contributed by atoms with E-state index in [1.54, 1.807) is 0 Å². The normalized spacial score (nSPS) is 12.7. The summed E-state index contributed by atoms with van der Waals surface area (Å²) in [4.78, 5) is 11.0. The van der Waals surface area contributed by atoms with Crippen molar-refractivity contribution in [3.63, 3.8) is 0 Å². The first-order valence-corrected chi connectivity index (χ1v) is 6.62. The highest BCUT2D eigenvalue weighted by Crippen LogP contribution is 2.36. The summed E-state index contributed by atoms with van der Waals surface area (Å²) >= 11 is 5.93. The van der Waals surface area contributed by atoms with E-state index in [1.165, 1.54) is 30.3 Å². The van der Waals surface area contributed by atoms with Crippen LogP contribution in [0.2, 0.25) is 5.02 Å². The van der Waals surface area contributed by atoms with Gasteiger partial charge in [-0.1, -0.05) is 35.9 Å². The van der Waals surface area contributed by atoms with Gasteiger partial charge in [0.15, 0.2) is 6.10 Å². The van der Waals surface area contributed by atoms with Crippen molar-refractivity contribution in [1.82, 2.24) is 0 Å². The van der Waals surface area contributed by atoms with Gasteiger partial charge in [-0.05, 0) is 29.3 Å². The Balaban J connectivity index is 2.53. The van der Waals surface area contributed by atoms with Gasteiger partial charge in [-0.15, -0.1) is 13.2 Å². The number of aliphatic carboxylic acids is 1. The number of carbonyl (C=O) groups is 1. The van der Waals surface area contributed by atoms with E-state index in [2.05, 4.69) is 4.74 Å². The van der Waals surface area contributed by atoms with Crippen molar-refractivity contribution >= 4 is 17.6 Å². The number of alkyl halides is 3. The molecule has 2 aromatic carbocycles. The van der Waals surface area contributed by atoms with E-state index in [-0.39, 0.29) is 21.7 Å². The molecule has 0 spiro atoms. The van der Waals surface area contributed by atoms with Crippen LogP contribution in [0.5, 0.6) is 5.75 Å². The molecule has 0 aliphatic heterocycles. The number of rotatable bonds is 4. The lowest BCUT2D eigenvalue weighted by Crippen LogP contribution is -2.17. The number of carboxylic acid groups (broad SMARTS) is 1. The summed E-state index contributed by atoms with van der Waals surface area (Å²) in [5.74, 6) is -1.99. The second kappa shape index (κ2) is 6.47. The van der Waals surface area contributed by atoms with Gasteiger partial charge >= 0.3 is 12.3 Å². The lowest BCUT2D eigenvalue weighted by molar-refractivity contribution is -0.274. The van der Waals surface area contributed by atoms with E-state index in [0.717, 1.165) is 12.1 Å². The highest BCUT2D eigenvalue weighted by Gasteiger charge is 2.31. The molecular formula is C15H10ClF3O4. The highest BCUT2D eigenvalue weighted by molar-refractivity contribution is 6.32. The molecule has 1 unspecified atom stereocenters. The Labute approximate surface area is 133 Å². The lowest BCUT2D eigenvalue weighted by atomic mass is 9.96. The topological polar surface area (TPSA) is 66.8 Å². The van der Waals surface area contributed by atoms with Crippen molar-refractivity contribution in [2.45, 2.75) is 12.5 Å². The fourth-order valence-corrected chi connectivity index (χ4v) is 2.33. The molecule has 0 aliphatic carbocycles. The molecule has 0 fully saturated rings. The number of ether oxygens (including phenoxy) is 1. The molecule has 4 nitrogen and oxygen atoms in total. The smallest absolute Gasteiger partial charge is 0.479 e. The summed E-state index contributed by atoms with van der Waals surface area (Å²) in [5, 5.41) is 18.7. The molecule has 23 heavy (non-hydrogen) atoms. The van der Waals surface area contributed by atoms with Gasteiger partial charge in [-0.2, -0.15) is 0 Å². The minimum absolute atomic E-state index is 0.0143. The van der Waals surface area contributed by atoms with Crippen LogP contribution in [0.25, 0.3) is 11.1 Å². The monoisotopic (exact) mass is 346 g/mol. The number of aliphatic hydroxyl groups is 1. The summed E-state index contributed by atoms with van der Waals surface area (Å²) < 4.78 is 40.7. The van der Waals surface area contributed by atoms with Crippen molar-refractivity contribution in [3.05, 3.63) is 53.1 Å². The van der Waals surface area contributed by atoms with Gasteiger partial charge in [-0.3, -0.25) is 0 Å². The van der Waals surface area contributed by atoms with Crippen LogP contribution < -0.4 is 4.74 Å². The molecule has 0 bridgehead atoms. The molecule has 0 aromatic heterocycles. The molecule has 0 saturated carbocycles. The molecule has 0 amide bonds. The van der Waals surface area contributed by atoms with Crippen LogP contribution in [0.3, 0.4) is 0 Å². The minimum atomic E-state index is -4.85. The number of benzene rings is 2. The summed E-state index contributed by atoms with van der Waals surface area (Å²) in [6.07, 6.45) is -6.76. The van der Waals surface area contributed by atoms with Crippen molar-refractivity contribution in [2.75, 3.05) is 0 Å². The fraction of sp³-hybridized carbons (Fsp3) is 0.133. The van der Waals surface area contributed by atoms with Crippen LogP contribution in [0.4, 0.5) is 13.2 Å². The Morgan fingerprint density at radius 3 is 2.43 bits per heavy atom. The van der Waals surface area contributed by atoms with E-state index in [4.69, 9.17) is 16.7 Å². The van der Waals surface area contributed by atoms with Gasteiger partial charge in [0.1, 0.15) is 5.75 Å². The molecular weight excluding hydrogens is 337 g/mol. The average molecular weight is 347 g/mol. The highest BCUT2D eigenvalue weighted by atomic mass is 35.5. The first kappa shape index (κ1) is 17.1. The Hall–Kier alpha value is -2.25. The molecule has 122 valence electrons. The average Bonchev–Trinajstić information content (AvgIpc) is 2.44. The van der Waals surface area contributed by atoms with E-state index >= 15 is 0 Å². The zero-order chi connectivity index (χ0) is 17.2. The molecule has 0 radical (unpaired) electrons. The van der Waals surface area contributed by atoms with Crippen molar-refractivity contribution < 1.29 is 32.9 Å². The summed E-state index contributed by atoms with van der Waals surface area (Å²) in [5.41, 5.74) is 0.315. The summed E-state index contributed by atoms with van der Waals surface area (Å²) in [7, 11) is 0. The van der Waals surface area contributed by atoms with Gasteiger partial charge in [0, 0.05) is 10.6 Å². The maximum absolute atomic E-state index is 12.3. The molecule has 2 N–H and O–H groups in total. The minimum Gasteiger partial charge on any atom is -0.479 e. The van der Waals surface area contributed by atoms with Crippen LogP contribution in [-0.2, 0) is 4.79 Å². The standard InChI is InChI=1S/C15H10ClF3O4/c16-11-6-2-5-10(12(11)13(20)14(21)22)8-3-1-4-9(7-8)23-15(17,18)19/h1-7,13,20H,(H,21,22). The molecule has 2 rings (SSSR count). The molecule has 2 aromatic rings. The van der Waals surface area contributed by atoms with E-state index in [0.29, 0.717) is 0 Å². The van der Waals surface area contributed by atoms with E-state index in [9.17, 15) is 23.1 Å². The maximum Gasteiger partial charge on any atom is 0.573 e. The number of carboxylic acids is 1. The Kier molecular flexibility index (Phi) is 4.82. The van der Waals surface area contributed by atoms with Crippen LogP contribution in [-0.4, -0.2) is 22.5 Å². The molecule has 0 aliphatic rings. The Bertz CT molecular complexity index is 731. The fourth-order valence-electron chi connectivity index (χ4n) is 2.05. The second-order valence-corrected chi connectivity index (χ2v) is 4.92. The van der Waals surface area contributed by atoms with Gasteiger partial charge < -0.3 is 14.9 Å². The quantitative estimate of drug-likeness (QED) is 0.877. The van der Waals surface area contributed by atoms with Crippen LogP contribution in [0.1, 0.15) is 11.7 Å². The summed E-state index contributed by atoms with van der Waals surface area (Å²) in [6, 6.07) is 9.27. The Morgan fingerprint density at radius 1 is 1.17 bits per heavy atom. The number of halogens is 4. The second-order valence-electron chi connectivity index (χ2n) is 4.52. The summed E-state index contributed by atoms with van der Waals surface area (Å²) in [6.45, 7) is 0. The van der Waals surface area contributed by atoms with E-state index < -0.39 is 24.2 Å². The first-order valence-electron chi connectivity index (χ1n) is 6.24. The third-order valence-corrected chi connectivity index (χ3v) is 3.27. The molecule has 0 saturated heterocycles. The first-order chi connectivity index (χ1) is 10.7. The number of hydrogen-bond donors (Lipinski definition) is 2. The van der Waals surface area contributed by atoms with Crippen LogP contribution in [0, 0.1) is 0 Å². The molecule has 0 heterocycles. The van der Waals surface area contributed by atoms with Gasteiger partial charge in [0.25, 0.3) is 0 Å². The SMILES string of the molecule is O=C(O)C(O)c1c(Cl)cccc1-c1cccc(OC(F)(F)F)c1. The van der Waals surface area contributed by atoms with Gasteiger partial charge in [0.05, 0.1) is 0 Å². The zero-order valence-electron chi connectivity index (χ0n) is 11.3.